The number of aromatic nitrogens is 1. The lowest BCUT2D eigenvalue weighted by molar-refractivity contribution is -0.130. The van der Waals surface area contributed by atoms with E-state index in [0.29, 0.717) is 19.5 Å². The van der Waals surface area contributed by atoms with E-state index < -0.39 is 0 Å². The number of aromatic amines is 1. The second-order valence-electron chi connectivity index (χ2n) is 4.27. The Morgan fingerprint density at radius 1 is 1.39 bits per heavy atom. The Morgan fingerprint density at radius 3 is 2.94 bits per heavy atom. The number of benzene rings is 1. The van der Waals surface area contributed by atoms with E-state index in [1.54, 1.807) is 4.90 Å². The van der Waals surface area contributed by atoms with Crippen LogP contribution >= 0.6 is 0 Å². The summed E-state index contributed by atoms with van der Waals surface area (Å²) < 4.78 is 0. The van der Waals surface area contributed by atoms with E-state index in [9.17, 15) is 4.79 Å². The highest BCUT2D eigenvalue weighted by molar-refractivity contribution is 5.83. The molecule has 0 radical (unpaired) electrons. The minimum absolute atomic E-state index is 0.00917. The summed E-state index contributed by atoms with van der Waals surface area (Å²) in [6, 6.07) is 7.99. The monoisotopic (exact) mass is 246 g/mol. The largest absolute Gasteiger partial charge is 0.395 e. The molecule has 1 heterocycles. The Kier molecular flexibility index (Phi) is 3.99. The van der Waals surface area contributed by atoms with Crippen LogP contribution in [0, 0.1) is 0 Å². The van der Waals surface area contributed by atoms with Crippen LogP contribution in [0.2, 0.25) is 0 Å². The van der Waals surface area contributed by atoms with Gasteiger partial charge in [-0.05, 0) is 30.0 Å². The number of H-pyrrole nitrogens is 1. The summed E-state index contributed by atoms with van der Waals surface area (Å²) in [6.45, 7) is 2.96. The lowest BCUT2D eigenvalue weighted by atomic mass is 10.1. The molecule has 4 heteroatoms. The first kappa shape index (κ1) is 12.6. The van der Waals surface area contributed by atoms with Gasteiger partial charge < -0.3 is 15.0 Å². The smallest absolute Gasteiger partial charge is 0.227 e. The first-order chi connectivity index (χ1) is 8.74. The van der Waals surface area contributed by atoms with Crippen molar-refractivity contribution in [2.75, 3.05) is 19.7 Å². The Hall–Kier alpha value is -1.81. The van der Waals surface area contributed by atoms with Gasteiger partial charge in [-0.15, -0.1) is 0 Å². The molecule has 0 fully saturated rings. The van der Waals surface area contributed by atoms with E-state index in [1.807, 2.05) is 37.4 Å². The molecule has 2 N–H and O–H groups in total. The highest BCUT2D eigenvalue weighted by Crippen LogP contribution is 2.15. The summed E-state index contributed by atoms with van der Waals surface area (Å²) in [5.74, 6) is 0.0532. The zero-order valence-electron chi connectivity index (χ0n) is 10.5. The van der Waals surface area contributed by atoms with Gasteiger partial charge in [-0.25, -0.2) is 0 Å². The molecule has 1 amide bonds. The SMILES string of the molecule is CCN(CCO)C(=O)Cc1ccc2cc[nH]c2c1. The highest BCUT2D eigenvalue weighted by atomic mass is 16.3. The molecule has 0 saturated carbocycles. The minimum Gasteiger partial charge on any atom is -0.395 e. The van der Waals surface area contributed by atoms with E-state index in [4.69, 9.17) is 5.11 Å². The number of carbonyl (C=O) groups excluding carboxylic acids is 1. The van der Waals surface area contributed by atoms with Crippen LogP contribution in [-0.4, -0.2) is 40.6 Å². The van der Waals surface area contributed by atoms with Crippen LogP contribution in [0.25, 0.3) is 10.9 Å². The number of aliphatic hydroxyl groups is 1. The lowest BCUT2D eigenvalue weighted by Crippen LogP contribution is -2.34. The van der Waals surface area contributed by atoms with Gasteiger partial charge in [0.2, 0.25) is 5.91 Å². The van der Waals surface area contributed by atoms with Gasteiger partial charge in [-0.3, -0.25) is 4.79 Å². The number of rotatable bonds is 5. The quantitative estimate of drug-likeness (QED) is 0.841. The van der Waals surface area contributed by atoms with E-state index in [1.165, 1.54) is 0 Å². The molecule has 0 aliphatic rings. The molecule has 2 rings (SSSR count). The number of fused-ring (bicyclic) bond motifs is 1. The molecule has 0 atom stereocenters. The standard InChI is InChI=1S/C14H18N2O2/c1-2-16(7-8-17)14(18)10-11-3-4-12-5-6-15-13(12)9-11/h3-6,9,15,17H,2,7-8,10H2,1H3. The fourth-order valence-corrected chi connectivity index (χ4v) is 2.07. The average Bonchev–Trinajstić information content (AvgIpc) is 2.83. The van der Waals surface area contributed by atoms with Gasteiger partial charge in [-0.2, -0.15) is 0 Å². The predicted octanol–water partition coefficient (Wildman–Crippen LogP) is 1.55. The van der Waals surface area contributed by atoms with Crippen molar-refractivity contribution in [3.8, 4) is 0 Å². The summed E-state index contributed by atoms with van der Waals surface area (Å²) in [5.41, 5.74) is 2.04. The van der Waals surface area contributed by atoms with Crippen molar-refractivity contribution in [2.45, 2.75) is 13.3 Å². The van der Waals surface area contributed by atoms with Gasteiger partial charge in [0, 0.05) is 24.8 Å². The number of amides is 1. The molecule has 0 spiro atoms. The molecule has 0 bridgehead atoms. The Morgan fingerprint density at radius 2 is 2.22 bits per heavy atom. The van der Waals surface area contributed by atoms with Gasteiger partial charge in [0.15, 0.2) is 0 Å². The summed E-state index contributed by atoms with van der Waals surface area (Å²) in [6.07, 6.45) is 2.27. The molecular weight excluding hydrogens is 228 g/mol. The number of carbonyl (C=O) groups is 1. The molecule has 0 saturated heterocycles. The summed E-state index contributed by atoms with van der Waals surface area (Å²) >= 11 is 0. The Balaban J connectivity index is 2.09. The van der Waals surface area contributed by atoms with Crippen LogP contribution in [0.5, 0.6) is 0 Å². The maximum absolute atomic E-state index is 12.0. The van der Waals surface area contributed by atoms with E-state index in [0.717, 1.165) is 16.5 Å². The third kappa shape index (κ3) is 2.71. The maximum atomic E-state index is 12.0. The van der Waals surface area contributed by atoms with Crippen LogP contribution in [0.4, 0.5) is 0 Å². The van der Waals surface area contributed by atoms with Crippen molar-refractivity contribution in [3.05, 3.63) is 36.0 Å². The number of hydrogen-bond acceptors (Lipinski definition) is 2. The predicted molar refractivity (Wildman–Crippen MR) is 71.3 cm³/mol. The topological polar surface area (TPSA) is 56.3 Å². The normalized spacial score (nSPS) is 10.8. The Bertz CT molecular complexity index is 533. The molecule has 1 aromatic carbocycles. The first-order valence-electron chi connectivity index (χ1n) is 6.19. The second kappa shape index (κ2) is 5.69. The number of likely N-dealkylation sites (N-methyl/N-ethyl adjacent to an activating group) is 1. The van der Waals surface area contributed by atoms with Crippen molar-refractivity contribution in [1.29, 1.82) is 0 Å². The number of aliphatic hydroxyl groups excluding tert-OH is 1. The molecule has 96 valence electrons. The number of nitrogens with zero attached hydrogens (tertiary/aromatic N) is 1. The number of nitrogens with one attached hydrogen (secondary N) is 1. The van der Waals surface area contributed by atoms with Crippen molar-refractivity contribution < 1.29 is 9.90 Å². The zero-order valence-corrected chi connectivity index (χ0v) is 10.5. The summed E-state index contributed by atoms with van der Waals surface area (Å²) in [4.78, 5) is 16.8. The summed E-state index contributed by atoms with van der Waals surface area (Å²) in [7, 11) is 0. The van der Waals surface area contributed by atoms with Crippen molar-refractivity contribution in [3.63, 3.8) is 0 Å². The fraction of sp³-hybridized carbons (Fsp3) is 0.357. The molecular formula is C14H18N2O2. The lowest BCUT2D eigenvalue weighted by Gasteiger charge is -2.19. The minimum atomic E-state index is 0.00917. The molecule has 0 aliphatic heterocycles. The second-order valence-corrected chi connectivity index (χ2v) is 4.27. The fourth-order valence-electron chi connectivity index (χ4n) is 2.07. The van der Waals surface area contributed by atoms with Crippen LogP contribution < -0.4 is 0 Å². The zero-order chi connectivity index (χ0) is 13.0. The first-order valence-corrected chi connectivity index (χ1v) is 6.19. The highest BCUT2D eigenvalue weighted by Gasteiger charge is 2.11. The molecule has 0 aliphatic carbocycles. The van der Waals surface area contributed by atoms with E-state index >= 15 is 0 Å². The Labute approximate surface area is 106 Å². The van der Waals surface area contributed by atoms with Crippen LogP contribution in [0.1, 0.15) is 12.5 Å². The van der Waals surface area contributed by atoms with Gasteiger partial charge in [-0.1, -0.05) is 12.1 Å². The van der Waals surface area contributed by atoms with E-state index in [2.05, 4.69) is 4.98 Å². The van der Waals surface area contributed by atoms with Crippen LogP contribution in [0.15, 0.2) is 30.5 Å². The molecule has 4 nitrogen and oxygen atoms in total. The molecule has 2 aromatic rings. The average molecular weight is 246 g/mol. The summed E-state index contributed by atoms with van der Waals surface area (Å²) in [5, 5.41) is 10.0. The van der Waals surface area contributed by atoms with Crippen LogP contribution in [-0.2, 0) is 11.2 Å². The molecule has 18 heavy (non-hydrogen) atoms. The van der Waals surface area contributed by atoms with Gasteiger partial charge in [0.1, 0.15) is 0 Å². The van der Waals surface area contributed by atoms with Gasteiger partial charge in [0.05, 0.1) is 13.0 Å². The third-order valence-corrected chi connectivity index (χ3v) is 3.08. The van der Waals surface area contributed by atoms with Crippen molar-refractivity contribution in [1.82, 2.24) is 9.88 Å². The molecule has 1 aromatic heterocycles. The van der Waals surface area contributed by atoms with Crippen LogP contribution in [0.3, 0.4) is 0 Å². The van der Waals surface area contributed by atoms with Crippen molar-refractivity contribution >= 4 is 16.8 Å². The van der Waals surface area contributed by atoms with Gasteiger partial charge >= 0.3 is 0 Å². The van der Waals surface area contributed by atoms with Crippen molar-refractivity contribution in [2.24, 2.45) is 0 Å². The maximum Gasteiger partial charge on any atom is 0.227 e. The van der Waals surface area contributed by atoms with Gasteiger partial charge in [0.25, 0.3) is 0 Å². The molecule has 0 unspecified atom stereocenters. The van der Waals surface area contributed by atoms with E-state index in [-0.39, 0.29) is 12.5 Å². The number of hydrogen-bond donors (Lipinski definition) is 2. The third-order valence-electron chi connectivity index (χ3n) is 3.08.